The number of benzene rings is 1. The summed E-state index contributed by atoms with van der Waals surface area (Å²) in [5, 5.41) is 7.70. The molecule has 0 saturated heterocycles. The van der Waals surface area contributed by atoms with Gasteiger partial charge in [0.2, 0.25) is 0 Å². The normalized spacial score (nSPS) is 12.1. The Labute approximate surface area is 182 Å². The van der Waals surface area contributed by atoms with Gasteiger partial charge in [-0.05, 0) is 48.7 Å². The molecule has 4 rings (SSSR count). The van der Waals surface area contributed by atoms with E-state index in [9.17, 15) is 13.2 Å². The van der Waals surface area contributed by atoms with Crippen LogP contribution in [-0.2, 0) is 21.9 Å². The Morgan fingerprint density at radius 1 is 1.27 bits per heavy atom. The minimum atomic E-state index is -3.88. The average Bonchev–Trinajstić information content (AvgIpc) is 3.39. The summed E-state index contributed by atoms with van der Waals surface area (Å²) in [6.45, 7) is 1.83. The Kier molecular flexibility index (Phi) is 5.27. The maximum Gasteiger partial charge on any atom is 0.273 e. The fourth-order valence-electron chi connectivity index (χ4n) is 3.23. The number of nitrogens with one attached hydrogen (secondary N) is 1. The van der Waals surface area contributed by atoms with Crippen molar-refractivity contribution in [2.45, 2.75) is 11.1 Å². The molecule has 154 valence electrons. The highest BCUT2D eigenvalue weighted by atomic mass is 35.5. The van der Waals surface area contributed by atoms with Crippen LogP contribution >= 0.6 is 22.9 Å². The zero-order valence-corrected chi connectivity index (χ0v) is 18.4. The quantitative estimate of drug-likeness (QED) is 0.457. The molecular weight excluding hydrogens is 444 g/mol. The van der Waals surface area contributed by atoms with Crippen molar-refractivity contribution in [1.29, 1.82) is 0 Å². The van der Waals surface area contributed by atoms with Gasteiger partial charge in [-0.3, -0.25) is 9.48 Å². The van der Waals surface area contributed by atoms with Crippen molar-refractivity contribution in [2.75, 3.05) is 0 Å². The number of halogens is 1. The molecule has 0 atom stereocenters. The molecule has 4 aromatic rings. The number of aromatic nitrogens is 3. The maximum absolute atomic E-state index is 12.3. The molecule has 0 aliphatic rings. The largest absolute Gasteiger partial charge is 0.301 e. The molecule has 10 heteroatoms. The van der Waals surface area contributed by atoms with E-state index in [1.807, 2.05) is 49.0 Å². The lowest BCUT2D eigenvalue weighted by Crippen LogP contribution is -2.28. The van der Waals surface area contributed by atoms with Crippen molar-refractivity contribution >= 4 is 55.8 Å². The van der Waals surface area contributed by atoms with Crippen LogP contribution in [0.2, 0.25) is 5.02 Å². The van der Waals surface area contributed by atoms with E-state index in [0.717, 1.165) is 28.1 Å². The molecular formula is C20H17ClN4O3S2. The minimum absolute atomic E-state index is 0.0833. The van der Waals surface area contributed by atoms with E-state index in [-0.39, 0.29) is 4.21 Å². The number of hydrogen-bond acceptors (Lipinski definition) is 5. The number of sulfonamides is 1. The Morgan fingerprint density at radius 3 is 2.80 bits per heavy atom. The van der Waals surface area contributed by atoms with E-state index in [4.69, 9.17) is 11.6 Å². The third kappa shape index (κ3) is 3.79. The summed E-state index contributed by atoms with van der Waals surface area (Å²) in [6, 6.07) is 10.6. The van der Waals surface area contributed by atoms with Gasteiger partial charge in [0, 0.05) is 35.3 Å². The predicted molar refractivity (Wildman–Crippen MR) is 118 cm³/mol. The predicted octanol–water partition coefficient (Wildman–Crippen LogP) is 3.91. The van der Waals surface area contributed by atoms with Crippen molar-refractivity contribution in [3.63, 3.8) is 0 Å². The average molecular weight is 461 g/mol. The van der Waals surface area contributed by atoms with Crippen molar-refractivity contribution < 1.29 is 13.2 Å². The SMILES string of the molecule is Cc1nn(C)c(-n2ccc3cc(Cl)ccc32)c1C=CC(=O)NS(=O)(=O)c1cccs1. The highest BCUT2D eigenvalue weighted by Crippen LogP contribution is 2.27. The molecule has 30 heavy (non-hydrogen) atoms. The fourth-order valence-corrected chi connectivity index (χ4v) is 5.35. The first-order chi connectivity index (χ1) is 14.3. The standard InChI is InChI=1S/C20H17ClN4O3S2/c1-13-16(6-8-18(26)23-30(27,28)19-4-3-11-29-19)20(24(2)22-13)25-10-9-14-12-15(21)5-7-17(14)25/h3-12H,1-2H3,(H,23,26). The Balaban J connectivity index is 1.68. The number of fused-ring (bicyclic) bond motifs is 1. The van der Waals surface area contributed by atoms with Crippen LogP contribution in [-0.4, -0.2) is 28.7 Å². The van der Waals surface area contributed by atoms with Crippen LogP contribution in [0, 0.1) is 6.92 Å². The van der Waals surface area contributed by atoms with E-state index in [2.05, 4.69) is 9.82 Å². The third-order valence-corrected chi connectivity index (χ3v) is 7.49. The first-order valence-corrected chi connectivity index (χ1v) is 11.6. The summed E-state index contributed by atoms with van der Waals surface area (Å²) in [5.74, 6) is 0.0109. The summed E-state index contributed by atoms with van der Waals surface area (Å²) in [6.07, 6.45) is 4.66. The van der Waals surface area contributed by atoms with Gasteiger partial charge in [0.1, 0.15) is 10.0 Å². The van der Waals surface area contributed by atoms with Crippen LogP contribution < -0.4 is 4.72 Å². The van der Waals surface area contributed by atoms with Gasteiger partial charge in [0.05, 0.1) is 11.2 Å². The van der Waals surface area contributed by atoms with E-state index in [0.29, 0.717) is 16.3 Å². The van der Waals surface area contributed by atoms with Gasteiger partial charge in [-0.1, -0.05) is 17.7 Å². The van der Waals surface area contributed by atoms with Gasteiger partial charge in [-0.15, -0.1) is 11.3 Å². The maximum atomic E-state index is 12.3. The fraction of sp³-hybridized carbons (Fsp3) is 0.100. The Hall–Kier alpha value is -2.88. The molecule has 0 aliphatic carbocycles. The number of carbonyl (C=O) groups excluding carboxylic acids is 1. The molecule has 0 spiro atoms. The molecule has 0 fully saturated rings. The summed E-state index contributed by atoms with van der Waals surface area (Å²) in [7, 11) is -2.07. The smallest absolute Gasteiger partial charge is 0.273 e. The van der Waals surface area contributed by atoms with Gasteiger partial charge in [0.25, 0.3) is 15.9 Å². The summed E-state index contributed by atoms with van der Waals surface area (Å²) in [4.78, 5) is 12.3. The van der Waals surface area contributed by atoms with Gasteiger partial charge in [0.15, 0.2) is 0 Å². The zero-order valence-electron chi connectivity index (χ0n) is 16.0. The second-order valence-electron chi connectivity index (χ2n) is 6.57. The molecule has 1 aromatic carbocycles. The summed E-state index contributed by atoms with van der Waals surface area (Å²) < 4.78 is 30.3. The molecule has 0 bridgehead atoms. The van der Waals surface area contributed by atoms with Crippen molar-refractivity contribution in [2.24, 2.45) is 7.05 Å². The zero-order chi connectivity index (χ0) is 21.5. The number of thiophene rings is 1. The highest BCUT2D eigenvalue weighted by Gasteiger charge is 2.18. The van der Waals surface area contributed by atoms with E-state index < -0.39 is 15.9 Å². The number of amides is 1. The van der Waals surface area contributed by atoms with E-state index in [1.165, 1.54) is 12.1 Å². The minimum Gasteiger partial charge on any atom is -0.301 e. The summed E-state index contributed by atoms with van der Waals surface area (Å²) in [5.41, 5.74) is 2.34. The molecule has 3 aromatic heterocycles. The number of nitrogens with zero attached hydrogens (tertiary/aromatic N) is 3. The van der Waals surface area contributed by atoms with Crippen molar-refractivity contribution in [3.05, 3.63) is 70.3 Å². The van der Waals surface area contributed by atoms with Crippen LogP contribution in [0.25, 0.3) is 22.8 Å². The second kappa shape index (κ2) is 7.75. The van der Waals surface area contributed by atoms with E-state index >= 15 is 0 Å². The number of rotatable bonds is 5. The third-order valence-electron chi connectivity index (χ3n) is 4.51. The molecule has 7 nitrogen and oxygen atoms in total. The molecule has 0 unspecified atom stereocenters. The van der Waals surface area contributed by atoms with Crippen LogP contribution in [0.1, 0.15) is 11.3 Å². The topological polar surface area (TPSA) is 86.0 Å². The molecule has 1 N–H and O–H groups in total. The van der Waals surface area contributed by atoms with Crippen LogP contribution in [0.5, 0.6) is 0 Å². The molecule has 0 radical (unpaired) electrons. The van der Waals surface area contributed by atoms with Crippen LogP contribution in [0.3, 0.4) is 0 Å². The van der Waals surface area contributed by atoms with Gasteiger partial charge >= 0.3 is 0 Å². The molecule has 0 aliphatic heterocycles. The van der Waals surface area contributed by atoms with Crippen LogP contribution in [0.15, 0.2) is 58.3 Å². The van der Waals surface area contributed by atoms with Gasteiger partial charge < -0.3 is 4.57 Å². The van der Waals surface area contributed by atoms with Crippen molar-refractivity contribution in [3.8, 4) is 5.82 Å². The number of carbonyl (C=O) groups is 1. The lowest BCUT2D eigenvalue weighted by atomic mass is 10.2. The molecule has 0 saturated carbocycles. The summed E-state index contributed by atoms with van der Waals surface area (Å²) >= 11 is 7.13. The van der Waals surface area contributed by atoms with E-state index in [1.54, 1.807) is 22.2 Å². The van der Waals surface area contributed by atoms with Gasteiger partial charge in [-0.25, -0.2) is 13.1 Å². The molecule has 3 heterocycles. The number of hydrogen-bond donors (Lipinski definition) is 1. The highest BCUT2D eigenvalue weighted by molar-refractivity contribution is 7.92. The van der Waals surface area contributed by atoms with Gasteiger partial charge in [-0.2, -0.15) is 5.10 Å². The lowest BCUT2D eigenvalue weighted by molar-refractivity contribution is -0.114. The lowest BCUT2D eigenvalue weighted by Gasteiger charge is -2.08. The second-order valence-corrected chi connectivity index (χ2v) is 9.86. The van der Waals surface area contributed by atoms with Crippen molar-refractivity contribution in [1.82, 2.24) is 19.1 Å². The first-order valence-electron chi connectivity index (χ1n) is 8.85. The Morgan fingerprint density at radius 2 is 2.07 bits per heavy atom. The Bertz CT molecular complexity index is 1380. The number of aryl methyl sites for hydroxylation is 2. The first kappa shape index (κ1) is 20.4. The molecule has 1 amide bonds. The van der Waals surface area contributed by atoms with Crippen LogP contribution in [0.4, 0.5) is 0 Å². The monoisotopic (exact) mass is 460 g/mol.